The van der Waals surface area contributed by atoms with Crippen molar-refractivity contribution >= 4 is 24.2 Å². The minimum Gasteiger partial charge on any atom is -0.499 e. The Balaban J connectivity index is 2.20. The van der Waals surface area contributed by atoms with Crippen molar-refractivity contribution in [2.75, 3.05) is 13.2 Å². The highest BCUT2D eigenvalue weighted by Gasteiger charge is 2.46. The van der Waals surface area contributed by atoms with Crippen LogP contribution in [0.4, 0.5) is 9.59 Å². The molecule has 6 N–H and O–H groups in total. The standard InChI is InChI=1S/C14H14O15/c15-1-3(17)7-9(5(18)11(20)26-7)28-14(24)29-10-6(19)12(21)27-8(10)4(2-16)25-13(22)23/h3-4,7-8,15-19H,1-2H2,(H,22,23)/t3-,4-,7+,8+/m0/s1. The summed E-state index contributed by atoms with van der Waals surface area (Å²) in [4.78, 5) is 45.4. The summed E-state index contributed by atoms with van der Waals surface area (Å²) in [5.74, 6) is -7.27. The zero-order chi connectivity index (χ0) is 21.9. The summed E-state index contributed by atoms with van der Waals surface area (Å²) < 4.78 is 22.4. The molecule has 15 heteroatoms. The Morgan fingerprint density at radius 1 is 0.931 bits per heavy atom. The Morgan fingerprint density at radius 3 is 1.86 bits per heavy atom. The number of ether oxygens (including phenoxy) is 5. The van der Waals surface area contributed by atoms with E-state index in [1.54, 1.807) is 0 Å². The van der Waals surface area contributed by atoms with Gasteiger partial charge >= 0.3 is 24.2 Å². The van der Waals surface area contributed by atoms with Crippen LogP contribution in [0.15, 0.2) is 23.0 Å². The zero-order valence-electron chi connectivity index (χ0n) is 14.1. The van der Waals surface area contributed by atoms with Crippen LogP contribution in [0, 0.1) is 0 Å². The van der Waals surface area contributed by atoms with Gasteiger partial charge in [-0.25, -0.2) is 19.2 Å². The van der Waals surface area contributed by atoms with Gasteiger partial charge in [0.15, 0.2) is 12.2 Å². The molecule has 0 fully saturated rings. The third kappa shape index (κ3) is 4.48. The molecule has 2 rings (SSSR count). The number of hydrogen-bond acceptors (Lipinski definition) is 14. The van der Waals surface area contributed by atoms with Crippen molar-refractivity contribution in [3.8, 4) is 0 Å². The molecule has 160 valence electrons. The van der Waals surface area contributed by atoms with E-state index in [4.69, 9.17) is 10.2 Å². The molecule has 0 spiro atoms. The fraction of sp³-hybridized carbons (Fsp3) is 0.429. The first kappa shape index (κ1) is 21.7. The van der Waals surface area contributed by atoms with Gasteiger partial charge in [-0.15, -0.1) is 0 Å². The van der Waals surface area contributed by atoms with Gasteiger partial charge in [0.1, 0.15) is 6.10 Å². The highest BCUT2D eigenvalue weighted by Crippen LogP contribution is 2.29. The molecule has 0 aliphatic carbocycles. The van der Waals surface area contributed by atoms with Crippen LogP contribution in [0.2, 0.25) is 0 Å². The smallest absolute Gasteiger partial charge is 0.499 e. The number of aliphatic hydroxyl groups is 5. The SMILES string of the molecule is O=C(O)O[C@@H](CO)[C@H]1OC(=O)C(O)=C1OC(=O)OC1=C(O)C(=O)O[C@@H]1[C@@H](O)CO. The minimum atomic E-state index is -1.88. The van der Waals surface area contributed by atoms with Crippen molar-refractivity contribution in [1.82, 2.24) is 0 Å². The normalized spacial score (nSPS) is 23.4. The van der Waals surface area contributed by atoms with E-state index in [1.165, 1.54) is 0 Å². The van der Waals surface area contributed by atoms with E-state index in [0.29, 0.717) is 0 Å². The number of rotatable bonds is 7. The van der Waals surface area contributed by atoms with Crippen LogP contribution in [-0.4, -0.2) is 92.5 Å². The summed E-state index contributed by atoms with van der Waals surface area (Å²) in [6, 6.07) is 0. The van der Waals surface area contributed by atoms with Crippen molar-refractivity contribution in [2.24, 2.45) is 0 Å². The van der Waals surface area contributed by atoms with Crippen LogP contribution in [0.1, 0.15) is 0 Å². The van der Waals surface area contributed by atoms with Crippen LogP contribution >= 0.6 is 0 Å². The maximum Gasteiger partial charge on any atom is 0.519 e. The third-order valence-corrected chi connectivity index (χ3v) is 3.53. The first-order valence-electron chi connectivity index (χ1n) is 7.57. The van der Waals surface area contributed by atoms with E-state index in [1.807, 2.05) is 0 Å². The second-order valence-corrected chi connectivity index (χ2v) is 5.39. The molecule has 0 radical (unpaired) electrons. The van der Waals surface area contributed by atoms with E-state index in [0.717, 1.165) is 0 Å². The molecule has 0 bridgehead atoms. The molecule has 4 atom stereocenters. The van der Waals surface area contributed by atoms with E-state index in [2.05, 4.69) is 23.7 Å². The summed E-state index contributed by atoms with van der Waals surface area (Å²) >= 11 is 0. The lowest BCUT2D eigenvalue weighted by molar-refractivity contribution is -0.148. The summed E-state index contributed by atoms with van der Waals surface area (Å²) in [5.41, 5.74) is 0. The van der Waals surface area contributed by atoms with Crippen LogP contribution in [0.3, 0.4) is 0 Å². The van der Waals surface area contributed by atoms with Crippen molar-refractivity contribution < 1.29 is 73.5 Å². The molecule has 0 aromatic rings. The van der Waals surface area contributed by atoms with Crippen molar-refractivity contribution in [3.63, 3.8) is 0 Å². The summed E-state index contributed by atoms with van der Waals surface area (Å²) in [7, 11) is 0. The van der Waals surface area contributed by atoms with Gasteiger partial charge in [0.2, 0.25) is 29.1 Å². The fourth-order valence-corrected chi connectivity index (χ4v) is 2.25. The molecule has 0 amide bonds. The third-order valence-electron chi connectivity index (χ3n) is 3.53. The number of carboxylic acid groups (broad SMARTS) is 1. The lowest BCUT2D eigenvalue weighted by atomic mass is 10.2. The predicted molar refractivity (Wildman–Crippen MR) is 79.7 cm³/mol. The second kappa shape index (κ2) is 8.63. The van der Waals surface area contributed by atoms with Crippen LogP contribution in [0.5, 0.6) is 0 Å². The largest absolute Gasteiger partial charge is 0.519 e. The topological polar surface area (TPSA) is 236 Å². The van der Waals surface area contributed by atoms with Gasteiger partial charge in [-0.2, -0.15) is 0 Å². The second-order valence-electron chi connectivity index (χ2n) is 5.39. The molecule has 2 heterocycles. The highest BCUT2D eigenvalue weighted by molar-refractivity contribution is 5.91. The lowest BCUT2D eigenvalue weighted by Gasteiger charge is -2.21. The molecule has 0 aromatic carbocycles. The van der Waals surface area contributed by atoms with E-state index in [-0.39, 0.29) is 0 Å². The van der Waals surface area contributed by atoms with Gasteiger partial charge in [0, 0.05) is 0 Å². The maximum absolute atomic E-state index is 12.0. The zero-order valence-corrected chi connectivity index (χ0v) is 14.1. The highest BCUT2D eigenvalue weighted by atomic mass is 16.8. The van der Waals surface area contributed by atoms with Gasteiger partial charge in [-0.05, 0) is 0 Å². The number of cyclic esters (lactones) is 2. The van der Waals surface area contributed by atoms with E-state index >= 15 is 0 Å². The average molecular weight is 422 g/mol. The molecular weight excluding hydrogens is 408 g/mol. The number of aliphatic hydroxyl groups excluding tert-OH is 5. The Hall–Kier alpha value is -3.56. The Labute approximate surface area is 159 Å². The first-order valence-corrected chi connectivity index (χ1v) is 7.57. The van der Waals surface area contributed by atoms with Gasteiger partial charge < -0.3 is 54.3 Å². The quantitative estimate of drug-likeness (QED) is 0.191. The molecule has 15 nitrogen and oxygen atoms in total. The molecule has 29 heavy (non-hydrogen) atoms. The van der Waals surface area contributed by atoms with Gasteiger partial charge in [0.25, 0.3) is 0 Å². The summed E-state index contributed by atoms with van der Waals surface area (Å²) in [6.45, 7) is -1.99. The minimum absolute atomic E-state index is 0.941. The van der Waals surface area contributed by atoms with Crippen molar-refractivity contribution in [3.05, 3.63) is 23.0 Å². The number of carbonyl (C=O) groups excluding carboxylic acids is 3. The molecule has 0 unspecified atom stereocenters. The predicted octanol–water partition coefficient (Wildman–Crippen LogP) is -2.06. The van der Waals surface area contributed by atoms with Crippen molar-refractivity contribution in [2.45, 2.75) is 24.4 Å². The molecule has 0 saturated carbocycles. The summed E-state index contributed by atoms with van der Waals surface area (Å²) in [6.07, 6.45) is -10.9. The molecule has 0 saturated heterocycles. The van der Waals surface area contributed by atoms with E-state index < -0.39 is 84.9 Å². The fourth-order valence-electron chi connectivity index (χ4n) is 2.25. The van der Waals surface area contributed by atoms with Gasteiger partial charge in [-0.3, -0.25) is 0 Å². The monoisotopic (exact) mass is 422 g/mol. The van der Waals surface area contributed by atoms with Gasteiger partial charge in [-0.1, -0.05) is 0 Å². The number of esters is 2. The Morgan fingerprint density at radius 2 is 1.41 bits per heavy atom. The molecule has 0 aromatic heterocycles. The maximum atomic E-state index is 12.0. The lowest BCUT2D eigenvalue weighted by Crippen LogP contribution is -2.37. The van der Waals surface area contributed by atoms with Crippen molar-refractivity contribution in [1.29, 1.82) is 0 Å². The van der Waals surface area contributed by atoms with E-state index in [9.17, 15) is 39.6 Å². The number of hydrogen-bond donors (Lipinski definition) is 6. The van der Waals surface area contributed by atoms with Gasteiger partial charge in [0.05, 0.1) is 13.2 Å². The Bertz CT molecular complexity index is 780. The molecule has 2 aliphatic heterocycles. The first-order chi connectivity index (χ1) is 13.6. The van der Waals surface area contributed by atoms with Crippen LogP contribution in [-0.2, 0) is 33.3 Å². The summed E-state index contributed by atoms with van der Waals surface area (Å²) in [5, 5.41) is 55.5. The molecular formula is C14H14O15. The number of carbonyl (C=O) groups is 4. The van der Waals surface area contributed by atoms with Crippen LogP contribution < -0.4 is 0 Å². The van der Waals surface area contributed by atoms with Crippen LogP contribution in [0.25, 0.3) is 0 Å². The molecule has 2 aliphatic rings. The average Bonchev–Trinajstić information content (AvgIpc) is 3.10. The Kier molecular flexibility index (Phi) is 6.47.